The topological polar surface area (TPSA) is 82.1 Å². The summed E-state index contributed by atoms with van der Waals surface area (Å²) in [7, 11) is 1.89. The molecular formula is C26H29FN8. The molecule has 1 aliphatic carbocycles. The molecule has 180 valence electrons. The minimum Gasteiger partial charge on any atom is -0.373 e. The van der Waals surface area contributed by atoms with Crippen LogP contribution in [0.25, 0.3) is 0 Å². The van der Waals surface area contributed by atoms with Crippen LogP contribution >= 0.6 is 0 Å². The number of nitrogens with zero attached hydrogens (tertiary/aromatic N) is 6. The third-order valence-corrected chi connectivity index (χ3v) is 7.52. The van der Waals surface area contributed by atoms with Gasteiger partial charge in [-0.2, -0.15) is 9.97 Å². The van der Waals surface area contributed by atoms with E-state index >= 15 is 0 Å². The molecule has 7 rings (SSSR count). The monoisotopic (exact) mass is 472 g/mol. The number of hydrogen-bond acceptors (Lipinski definition) is 8. The lowest BCUT2D eigenvalue weighted by Crippen LogP contribution is -2.56. The Morgan fingerprint density at radius 2 is 1.86 bits per heavy atom. The number of hydrogen-bond donors (Lipinski definition) is 2. The lowest BCUT2D eigenvalue weighted by molar-refractivity contribution is 0.419. The summed E-state index contributed by atoms with van der Waals surface area (Å²) in [6.45, 7) is 8.89. The van der Waals surface area contributed by atoms with Crippen LogP contribution in [0.4, 0.5) is 33.5 Å². The van der Waals surface area contributed by atoms with E-state index in [0.717, 1.165) is 54.0 Å². The van der Waals surface area contributed by atoms with E-state index in [1.165, 1.54) is 23.3 Å². The fourth-order valence-electron chi connectivity index (χ4n) is 5.64. The van der Waals surface area contributed by atoms with Crippen molar-refractivity contribution in [2.45, 2.75) is 32.7 Å². The lowest BCUT2D eigenvalue weighted by Gasteiger charge is -2.50. The maximum atomic E-state index is 13.5. The highest BCUT2D eigenvalue weighted by atomic mass is 19.1. The van der Waals surface area contributed by atoms with Crippen LogP contribution in [0, 0.1) is 18.7 Å². The largest absolute Gasteiger partial charge is 0.373 e. The van der Waals surface area contributed by atoms with E-state index in [1.54, 1.807) is 18.5 Å². The van der Waals surface area contributed by atoms with Gasteiger partial charge in [0.2, 0.25) is 5.95 Å². The van der Waals surface area contributed by atoms with Crippen LogP contribution in [0.3, 0.4) is 0 Å². The molecule has 4 aliphatic rings. The van der Waals surface area contributed by atoms with Gasteiger partial charge < -0.3 is 20.4 Å². The summed E-state index contributed by atoms with van der Waals surface area (Å²) in [6, 6.07) is 8.84. The van der Waals surface area contributed by atoms with Gasteiger partial charge in [0.1, 0.15) is 29.6 Å². The number of piperidine rings is 1. The average molecular weight is 473 g/mol. The fourth-order valence-corrected chi connectivity index (χ4v) is 5.64. The van der Waals surface area contributed by atoms with Crippen molar-refractivity contribution in [2.24, 2.45) is 5.92 Å². The van der Waals surface area contributed by atoms with Gasteiger partial charge in [-0.05, 0) is 43.7 Å². The van der Waals surface area contributed by atoms with Crippen molar-refractivity contribution in [1.82, 2.24) is 19.9 Å². The second kappa shape index (κ2) is 8.18. The summed E-state index contributed by atoms with van der Waals surface area (Å²) in [5.41, 5.74) is 5.81. The van der Waals surface area contributed by atoms with Crippen LogP contribution < -0.4 is 20.4 Å². The van der Waals surface area contributed by atoms with Gasteiger partial charge in [0.15, 0.2) is 0 Å². The molecule has 9 heteroatoms. The first kappa shape index (κ1) is 21.8. The van der Waals surface area contributed by atoms with Crippen LogP contribution in [-0.2, 0) is 0 Å². The summed E-state index contributed by atoms with van der Waals surface area (Å²) in [6.07, 6.45) is 1.63. The summed E-state index contributed by atoms with van der Waals surface area (Å²) < 4.78 is 13.5. The molecule has 1 fully saturated rings. The number of benzene rings is 1. The fraction of sp³-hybridized carbons (Fsp3) is 0.385. The molecule has 3 aromatic rings. The summed E-state index contributed by atoms with van der Waals surface area (Å²) >= 11 is 0. The van der Waals surface area contributed by atoms with Crippen molar-refractivity contribution in [2.75, 3.05) is 47.1 Å². The van der Waals surface area contributed by atoms with Gasteiger partial charge in [-0.15, -0.1) is 0 Å². The van der Waals surface area contributed by atoms with Gasteiger partial charge in [-0.3, -0.25) is 0 Å². The second-order valence-electron chi connectivity index (χ2n) is 9.71. The highest BCUT2D eigenvalue weighted by molar-refractivity contribution is 5.74. The number of fused-ring (bicyclic) bond motifs is 3. The van der Waals surface area contributed by atoms with Gasteiger partial charge in [0, 0.05) is 61.5 Å². The standard InChI is InChI=1S/C26H29FN8/c1-14-10-35(18-7-5-17(27)6-8-18)25-22(14)24(28-4)32-26(33-25)31-23-19-11-34(12-20(23)16(19)3)21-9-15(2)29-13-30-21/h5-9,13-14,19,23H,10-12H2,1-4H3,(H2,28,31,32,33)/t14-,19?,23?/m0/s1. The molecule has 0 spiro atoms. The third kappa shape index (κ3) is 3.57. The van der Waals surface area contributed by atoms with Gasteiger partial charge in [0.25, 0.3) is 0 Å². The Hall–Kier alpha value is -3.75. The molecule has 8 nitrogen and oxygen atoms in total. The number of aromatic nitrogens is 4. The highest BCUT2D eigenvalue weighted by Crippen LogP contribution is 2.45. The number of anilines is 5. The number of rotatable bonds is 5. The molecule has 2 unspecified atom stereocenters. The average Bonchev–Trinajstić information content (AvgIpc) is 3.20. The first-order valence-corrected chi connectivity index (χ1v) is 12.1. The van der Waals surface area contributed by atoms with Gasteiger partial charge >= 0.3 is 0 Å². The van der Waals surface area contributed by atoms with Gasteiger partial charge in [-0.1, -0.05) is 12.5 Å². The molecule has 0 amide bonds. The molecule has 5 heterocycles. The summed E-state index contributed by atoms with van der Waals surface area (Å²) in [4.78, 5) is 23.0. The van der Waals surface area contributed by atoms with E-state index in [0.29, 0.717) is 11.9 Å². The number of aryl methyl sites for hydroxylation is 1. The first-order valence-electron chi connectivity index (χ1n) is 12.1. The Morgan fingerprint density at radius 1 is 1.06 bits per heavy atom. The highest BCUT2D eigenvalue weighted by Gasteiger charge is 2.44. The Bertz CT molecular complexity index is 1320. The van der Waals surface area contributed by atoms with E-state index in [9.17, 15) is 4.39 Å². The summed E-state index contributed by atoms with van der Waals surface area (Å²) in [5, 5.41) is 6.90. The molecular weight excluding hydrogens is 443 g/mol. The molecule has 3 atom stereocenters. The smallest absolute Gasteiger partial charge is 0.227 e. The quantitative estimate of drug-likeness (QED) is 0.533. The van der Waals surface area contributed by atoms with Crippen molar-refractivity contribution in [3.05, 3.63) is 64.9 Å². The molecule has 0 saturated carbocycles. The number of nitrogens with one attached hydrogen (secondary N) is 2. The Morgan fingerprint density at radius 3 is 2.54 bits per heavy atom. The zero-order valence-corrected chi connectivity index (χ0v) is 20.4. The van der Waals surface area contributed by atoms with E-state index in [2.05, 4.69) is 44.2 Å². The zero-order chi connectivity index (χ0) is 24.3. The molecule has 2 bridgehead atoms. The van der Waals surface area contributed by atoms with Crippen LogP contribution in [-0.4, -0.2) is 52.7 Å². The SMILES string of the molecule is CNc1nc(NC2C3=C(C)C2CN(c2cc(C)ncn2)C3)nc2c1[C@@H](C)CN2c1ccc(F)cc1. The molecule has 35 heavy (non-hydrogen) atoms. The van der Waals surface area contributed by atoms with Crippen LogP contribution in [0.15, 0.2) is 47.8 Å². The molecule has 2 aromatic heterocycles. The Kier molecular flexibility index (Phi) is 5.09. The minimum absolute atomic E-state index is 0.204. The molecule has 2 N–H and O–H groups in total. The van der Waals surface area contributed by atoms with Crippen LogP contribution in [0.5, 0.6) is 0 Å². The lowest BCUT2D eigenvalue weighted by atomic mass is 9.70. The van der Waals surface area contributed by atoms with Crippen molar-refractivity contribution in [1.29, 1.82) is 0 Å². The Labute approximate surface area is 204 Å². The van der Waals surface area contributed by atoms with Crippen molar-refractivity contribution in [3.63, 3.8) is 0 Å². The Balaban J connectivity index is 1.28. The van der Waals surface area contributed by atoms with Crippen molar-refractivity contribution >= 4 is 29.1 Å². The predicted molar refractivity (Wildman–Crippen MR) is 136 cm³/mol. The third-order valence-electron chi connectivity index (χ3n) is 7.52. The van der Waals surface area contributed by atoms with Crippen molar-refractivity contribution < 1.29 is 4.39 Å². The summed E-state index contributed by atoms with van der Waals surface area (Å²) in [5.74, 6) is 3.68. The van der Waals surface area contributed by atoms with Crippen LogP contribution in [0.1, 0.15) is 31.0 Å². The van der Waals surface area contributed by atoms with E-state index in [4.69, 9.17) is 9.97 Å². The number of halogens is 1. The molecule has 1 aromatic carbocycles. The first-order chi connectivity index (χ1) is 16.9. The maximum absolute atomic E-state index is 13.5. The maximum Gasteiger partial charge on any atom is 0.227 e. The predicted octanol–water partition coefficient (Wildman–Crippen LogP) is 4.26. The minimum atomic E-state index is -0.242. The van der Waals surface area contributed by atoms with Crippen LogP contribution in [0.2, 0.25) is 0 Å². The second-order valence-corrected chi connectivity index (χ2v) is 9.71. The van der Waals surface area contributed by atoms with E-state index in [1.807, 2.05) is 20.0 Å². The van der Waals surface area contributed by atoms with Crippen molar-refractivity contribution in [3.8, 4) is 0 Å². The molecule has 1 saturated heterocycles. The normalized spacial score (nSPS) is 22.7. The van der Waals surface area contributed by atoms with E-state index in [-0.39, 0.29) is 17.8 Å². The molecule has 0 radical (unpaired) electrons. The zero-order valence-electron chi connectivity index (χ0n) is 20.4. The van der Waals surface area contributed by atoms with Gasteiger partial charge in [0.05, 0.1) is 6.04 Å². The molecule has 3 aliphatic heterocycles. The van der Waals surface area contributed by atoms with Gasteiger partial charge in [-0.25, -0.2) is 14.4 Å². The van der Waals surface area contributed by atoms with E-state index < -0.39 is 0 Å².